The summed E-state index contributed by atoms with van der Waals surface area (Å²) in [6.45, 7) is 10.6. The van der Waals surface area contributed by atoms with E-state index in [1.54, 1.807) is 40.9 Å². The molecule has 3 heterocycles. The average Bonchev–Trinajstić information content (AvgIpc) is 3.20. The van der Waals surface area contributed by atoms with Crippen LogP contribution >= 0.6 is 0 Å². The number of nitrogens with zero attached hydrogens (tertiary/aromatic N) is 1. The van der Waals surface area contributed by atoms with Crippen LogP contribution in [-0.4, -0.2) is 137 Å². The molecule has 1 amide bonds. The first-order chi connectivity index (χ1) is 26.9. The number of fused-ring (bicyclic) bond motifs is 3. The van der Waals surface area contributed by atoms with Crippen LogP contribution in [0.1, 0.15) is 106 Å². The van der Waals surface area contributed by atoms with E-state index in [4.69, 9.17) is 23.7 Å². The molecule has 1 aliphatic carbocycles. The Hall–Kier alpha value is -2.56. The largest absolute Gasteiger partial charge is 0.456 e. The molecule has 4 rings (SSSR count). The number of rotatable bonds is 6. The van der Waals surface area contributed by atoms with Crippen molar-refractivity contribution < 1.29 is 63.3 Å². The third-order valence-electron chi connectivity index (χ3n) is 13.2. The molecule has 15 atom stereocenters. The summed E-state index contributed by atoms with van der Waals surface area (Å²) < 4.78 is 29.6. The normalized spacial score (nSPS) is 42.4. The Labute approximate surface area is 338 Å². The Morgan fingerprint density at radius 1 is 0.912 bits per heavy atom. The molecular weight excluding hydrogens is 738 g/mol. The van der Waals surface area contributed by atoms with Gasteiger partial charge in [0, 0.05) is 52.0 Å². The maximum atomic E-state index is 14.3. The standard InChI is InChI=1S/C43H69NO13/c1-10-29-18-23(2)37(48)24(3)19-35(54-8)39-36(55-9)20-26(5)43(52,57-39)40(49)41(50)44-16-12-11-13-30(44)42(51)56-38(27(6)32(46)22-33(29)47)25(4)17-28-14-15-31(45)34(21-28)53-7/h17-18,24,26-32,34-39,45-46,48,52H,10-16,19-22H2,1-9H3/b23-18+,25-17-/t24-,26-,27-,28+,29-,30+,31-,32+,34-,35+,36+,37+,38-,39?,43?/m1/s1. The highest BCUT2D eigenvalue weighted by molar-refractivity contribution is 6.39. The maximum absolute atomic E-state index is 14.3. The summed E-state index contributed by atoms with van der Waals surface area (Å²) in [5.41, 5.74) is 1.19. The number of piperidine rings is 1. The number of hydrogen-bond acceptors (Lipinski definition) is 13. The summed E-state index contributed by atoms with van der Waals surface area (Å²) in [6, 6.07) is -1.16. The van der Waals surface area contributed by atoms with Gasteiger partial charge in [0.15, 0.2) is 0 Å². The van der Waals surface area contributed by atoms with E-state index in [-0.39, 0.29) is 50.0 Å². The van der Waals surface area contributed by atoms with E-state index in [0.29, 0.717) is 49.7 Å². The Bertz CT molecular complexity index is 1470. The van der Waals surface area contributed by atoms with Gasteiger partial charge in [-0.25, -0.2) is 4.79 Å². The zero-order valence-electron chi connectivity index (χ0n) is 35.4. The first-order valence-electron chi connectivity index (χ1n) is 20.9. The van der Waals surface area contributed by atoms with Crippen molar-refractivity contribution in [2.45, 2.75) is 166 Å². The molecule has 4 N–H and O–H groups in total. The number of Topliss-reactive ketones (excluding diaryl/α,β-unsaturated/α-hetero) is 2. The molecule has 57 heavy (non-hydrogen) atoms. The van der Waals surface area contributed by atoms with Gasteiger partial charge in [0.25, 0.3) is 11.7 Å². The molecule has 2 bridgehead atoms. The topological polar surface area (TPSA) is 199 Å². The fourth-order valence-corrected chi connectivity index (χ4v) is 9.31. The lowest BCUT2D eigenvalue weighted by Crippen LogP contribution is -2.64. The van der Waals surface area contributed by atoms with Crippen molar-refractivity contribution in [2.75, 3.05) is 27.9 Å². The number of hydrogen-bond donors (Lipinski definition) is 4. The third-order valence-corrected chi connectivity index (χ3v) is 13.2. The van der Waals surface area contributed by atoms with Crippen LogP contribution in [0.2, 0.25) is 0 Å². The highest BCUT2D eigenvalue weighted by Crippen LogP contribution is 2.39. The molecule has 0 aromatic rings. The van der Waals surface area contributed by atoms with E-state index in [9.17, 15) is 39.6 Å². The summed E-state index contributed by atoms with van der Waals surface area (Å²) in [6.07, 6.45) is 0.618. The third kappa shape index (κ3) is 10.8. The smallest absolute Gasteiger partial charge is 0.329 e. The van der Waals surface area contributed by atoms with E-state index < -0.39 is 95.9 Å². The second-order valence-corrected chi connectivity index (χ2v) is 17.2. The molecule has 2 unspecified atom stereocenters. The Morgan fingerprint density at radius 3 is 2.19 bits per heavy atom. The van der Waals surface area contributed by atoms with Crippen LogP contribution in [0.25, 0.3) is 0 Å². The molecule has 324 valence electrons. The van der Waals surface area contributed by atoms with Crippen LogP contribution in [-0.2, 0) is 42.9 Å². The van der Waals surface area contributed by atoms with Gasteiger partial charge in [0.1, 0.15) is 24.0 Å². The van der Waals surface area contributed by atoms with Crippen LogP contribution in [0.3, 0.4) is 0 Å². The molecule has 3 fully saturated rings. The fourth-order valence-electron chi connectivity index (χ4n) is 9.31. The van der Waals surface area contributed by atoms with Crippen molar-refractivity contribution >= 4 is 23.4 Å². The van der Waals surface area contributed by atoms with Gasteiger partial charge in [-0.3, -0.25) is 14.4 Å². The number of amides is 1. The summed E-state index contributed by atoms with van der Waals surface area (Å²) in [5, 5.41) is 45.6. The van der Waals surface area contributed by atoms with Crippen molar-refractivity contribution in [3.63, 3.8) is 0 Å². The number of esters is 1. The minimum Gasteiger partial charge on any atom is -0.456 e. The number of carbonyl (C=O) groups is 4. The highest BCUT2D eigenvalue weighted by Gasteiger charge is 2.56. The SMILES string of the molecule is CC[C@@H]1/C=C(\C)[C@H](O)[C@H](C)C[C@H](OC)C2OC(O)(C(=O)C(=O)N3CCCC[C@H]3C(=O)O[C@H](/C(C)=C\[C@@H]3CC[C@@H](O)[C@H](OC)C3)[C@H](C)[C@@H](O)CC1=O)[C@H](C)C[C@@H]2OC. The fraction of sp³-hybridized carbons (Fsp3) is 0.814. The minimum atomic E-state index is -2.57. The van der Waals surface area contributed by atoms with Gasteiger partial charge < -0.3 is 49.0 Å². The Morgan fingerprint density at radius 2 is 1.56 bits per heavy atom. The Kier molecular flexibility index (Phi) is 17.0. The van der Waals surface area contributed by atoms with Crippen LogP contribution < -0.4 is 0 Å². The number of allylic oxidation sites excluding steroid dienone is 2. The summed E-state index contributed by atoms with van der Waals surface area (Å²) >= 11 is 0. The molecule has 0 radical (unpaired) electrons. The second-order valence-electron chi connectivity index (χ2n) is 17.2. The zero-order valence-corrected chi connectivity index (χ0v) is 35.4. The van der Waals surface area contributed by atoms with Crippen molar-refractivity contribution in [3.05, 3.63) is 23.3 Å². The number of cyclic esters (lactones) is 1. The predicted octanol–water partition coefficient (Wildman–Crippen LogP) is 3.44. The number of methoxy groups -OCH3 is 3. The maximum Gasteiger partial charge on any atom is 0.329 e. The lowest BCUT2D eigenvalue weighted by atomic mass is 9.81. The highest BCUT2D eigenvalue weighted by atomic mass is 16.7. The molecule has 4 aliphatic rings. The van der Waals surface area contributed by atoms with Crippen LogP contribution in [0, 0.1) is 29.6 Å². The number of aliphatic hydroxyl groups is 4. The van der Waals surface area contributed by atoms with E-state index in [0.717, 1.165) is 4.90 Å². The molecule has 14 heteroatoms. The zero-order chi connectivity index (χ0) is 42.4. The van der Waals surface area contributed by atoms with E-state index in [1.165, 1.54) is 14.2 Å². The number of aliphatic hydroxyl groups excluding tert-OH is 3. The van der Waals surface area contributed by atoms with Gasteiger partial charge in [0.05, 0.1) is 36.6 Å². The molecule has 0 spiro atoms. The van der Waals surface area contributed by atoms with Gasteiger partial charge >= 0.3 is 5.97 Å². The molecule has 3 aliphatic heterocycles. The van der Waals surface area contributed by atoms with E-state index in [1.807, 2.05) is 19.9 Å². The molecular formula is C43H69NO13. The van der Waals surface area contributed by atoms with Crippen molar-refractivity contribution in [1.82, 2.24) is 4.90 Å². The lowest BCUT2D eigenvalue weighted by Gasteiger charge is -2.47. The summed E-state index contributed by atoms with van der Waals surface area (Å²) in [5.74, 6) is -8.59. The quantitative estimate of drug-likeness (QED) is 0.173. The van der Waals surface area contributed by atoms with E-state index in [2.05, 4.69) is 0 Å². The van der Waals surface area contributed by atoms with Crippen molar-refractivity contribution in [1.29, 1.82) is 0 Å². The van der Waals surface area contributed by atoms with Crippen LogP contribution in [0.5, 0.6) is 0 Å². The summed E-state index contributed by atoms with van der Waals surface area (Å²) in [7, 11) is 4.49. The summed E-state index contributed by atoms with van der Waals surface area (Å²) in [4.78, 5) is 57.7. The lowest BCUT2D eigenvalue weighted by molar-refractivity contribution is -0.302. The first kappa shape index (κ1) is 47.1. The van der Waals surface area contributed by atoms with Gasteiger partial charge in [-0.1, -0.05) is 39.8 Å². The van der Waals surface area contributed by atoms with Gasteiger partial charge in [-0.15, -0.1) is 0 Å². The molecule has 0 aromatic carbocycles. The van der Waals surface area contributed by atoms with Gasteiger partial charge in [0.2, 0.25) is 5.79 Å². The Balaban J connectivity index is 1.79. The number of ketones is 2. The number of carbonyl (C=O) groups excluding carboxylic acids is 4. The van der Waals surface area contributed by atoms with Gasteiger partial charge in [-0.2, -0.15) is 0 Å². The molecule has 0 aromatic heterocycles. The minimum absolute atomic E-state index is 0.0255. The predicted molar refractivity (Wildman–Crippen MR) is 209 cm³/mol. The monoisotopic (exact) mass is 807 g/mol. The molecule has 1 saturated carbocycles. The van der Waals surface area contributed by atoms with Crippen LogP contribution in [0.15, 0.2) is 23.3 Å². The molecule has 14 nitrogen and oxygen atoms in total. The second kappa shape index (κ2) is 20.6. The molecule has 2 saturated heterocycles. The first-order valence-corrected chi connectivity index (χ1v) is 20.9. The number of ether oxygens (including phenoxy) is 5. The van der Waals surface area contributed by atoms with Gasteiger partial charge in [-0.05, 0) is 94.6 Å². The van der Waals surface area contributed by atoms with Crippen LogP contribution in [0.4, 0.5) is 0 Å². The van der Waals surface area contributed by atoms with E-state index >= 15 is 0 Å². The van der Waals surface area contributed by atoms with Crippen molar-refractivity contribution in [3.8, 4) is 0 Å². The van der Waals surface area contributed by atoms with Crippen molar-refractivity contribution in [2.24, 2.45) is 29.6 Å². The average molecular weight is 808 g/mol.